The van der Waals surface area contributed by atoms with Crippen molar-refractivity contribution in [1.29, 1.82) is 0 Å². The minimum absolute atomic E-state index is 0.0510. The number of carbonyl (C=O) groups excluding carboxylic acids is 5. The molecule has 148 valence electrons. The van der Waals surface area contributed by atoms with Gasteiger partial charge in [-0.05, 0) is 19.3 Å². The Kier molecular flexibility index (Phi) is 7.51. The van der Waals surface area contributed by atoms with Crippen molar-refractivity contribution in [3.8, 4) is 0 Å². The molecule has 9 heteroatoms. The molecule has 2 N–H and O–H groups in total. The maximum Gasteiger partial charge on any atom is 0.308 e. The topological polar surface area (TPSA) is 122 Å². The first-order valence-electron chi connectivity index (χ1n) is 9.13. The normalized spacial score (nSPS) is 21.0. The molecule has 1 aliphatic carbocycles. The van der Waals surface area contributed by atoms with E-state index >= 15 is 0 Å². The molecule has 4 amide bonds. The zero-order valence-corrected chi connectivity index (χ0v) is 15.4. The van der Waals surface area contributed by atoms with Gasteiger partial charge in [0.2, 0.25) is 17.7 Å². The highest BCUT2D eigenvalue weighted by molar-refractivity contribution is 6.05. The van der Waals surface area contributed by atoms with Crippen LogP contribution in [0.2, 0.25) is 0 Å². The van der Waals surface area contributed by atoms with Gasteiger partial charge in [0, 0.05) is 13.1 Å². The van der Waals surface area contributed by atoms with Crippen molar-refractivity contribution in [1.82, 2.24) is 15.5 Å². The van der Waals surface area contributed by atoms with Crippen molar-refractivity contribution in [2.75, 3.05) is 26.2 Å². The fourth-order valence-corrected chi connectivity index (χ4v) is 3.07. The fourth-order valence-electron chi connectivity index (χ4n) is 3.07. The lowest BCUT2D eigenvalue weighted by atomic mass is 9.85. The smallest absolute Gasteiger partial charge is 0.308 e. The number of hydrogen-bond donors (Lipinski definition) is 2. The lowest BCUT2D eigenvalue weighted by Gasteiger charge is -2.14. The predicted molar refractivity (Wildman–Crippen MR) is 94.0 cm³/mol. The van der Waals surface area contributed by atoms with Gasteiger partial charge in [0.25, 0.3) is 5.91 Å². The summed E-state index contributed by atoms with van der Waals surface area (Å²) in [6.07, 6.45) is 5.49. The van der Waals surface area contributed by atoms with Crippen LogP contribution in [0, 0.1) is 11.8 Å². The molecule has 0 saturated carbocycles. The number of ether oxygens (including phenoxy) is 1. The van der Waals surface area contributed by atoms with Crippen molar-refractivity contribution in [3.05, 3.63) is 12.2 Å². The Hall–Kier alpha value is -2.71. The van der Waals surface area contributed by atoms with Gasteiger partial charge in [0.15, 0.2) is 6.61 Å². The lowest BCUT2D eigenvalue weighted by Crippen LogP contribution is -2.39. The number of fused-ring (bicyclic) bond motifs is 1. The van der Waals surface area contributed by atoms with Gasteiger partial charge in [-0.15, -0.1) is 0 Å². The minimum Gasteiger partial charge on any atom is -0.456 e. The van der Waals surface area contributed by atoms with E-state index in [0.29, 0.717) is 19.4 Å². The molecule has 0 aromatic heterocycles. The molecule has 27 heavy (non-hydrogen) atoms. The average molecular weight is 379 g/mol. The largest absolute Gasteiger partial charge is 0.456 e. The Morgan fingerprint density at radius 1 is 1.07 bits per heavy atom. The molecular weight excluding hydrogens is 354 g/mol. The highest BCUT2D eigenvalue weighted by atomic mass is 16.5. The van der Waals surface area contributed by atoms with Gasteiger partial charge in [-0.3, -0.25) is 28.9 Å². The summed E-state index contributed by atoms with van der Waals surface area (Å²) in [6.45, 7) is 1.67. The Labute approximate surface area is 157 Å². The second-order valence-electron chi connectivity index (χ2n) is 6.52. The maximum atomic E-state index is 12.3. The Morgan fingerprint density at radius 3 is 2.30 bits per heavy atom. The summed E-state index contributed by atoms with van der Waals surface area (Å²) in [5.74, 6) is -2.77. The van der Waals surface area contributed by atoms with Crippen LogP contribution < -0.4 is 10.6 Å². The number of rotatable bonds is 9. The number of nitrogens with zero attached hydrogens (tertiary/aromatic N) is 1. The van der Waals surface area contributed by atoms with Crippen LogP contribution in [0.15, 0.2) is 12.2 Å². The van der Waals surface area contributed by atoms with Gasteiger partial charge in [-0.1, -0.05) is 19.1 Å². The number of amides is 4. The summed E-state index contributed by atoms with van der Waals surface area (Å²) < 4.78 is 4.82. The van der Waals surface area contributed by atoms with Crippen LogP contribution in [0.3, 0.4) is 0 Å². The second-order valence-corrected chi connectivity index (χ2v) is 6.52. The first kappa shape index (κ1) is 20.6. The molecule has 9 nitrogen and oxygen atoms in total. The van der Waals surface area contributed by atoms with Crippen molar-refractivity contribution >= 4 is 29.6 Å². The van der Waals surface area contributed by atoms with Gasteiger partial charge in [-0.2, -0.15) is 0 Å². The van der Waals surface area contributed by atoms with E-state index in [1.807, 2.05) is 19.1 Å². The van der Waals surface area contributed by atoms with Crippen LogP contribution in [0.1, 0.15) is 32.6 Å². The molecule has 0 aromatic rings. The Bertz CT molecular complexity index is 619. The number of imide groups is 1. The van der Waals surface area contributed by atoms with E-state index in [4.69, 9.17) is 4.74 Å². The minimum atomic E-state index is -0.686. The number of hydrogen-bond acceptors (Lipinski definition) is 6. The second kappa shape index (κ2) is 9.84. The monoisotopic (exact) mass is 379 g/mol. The van der Waals surface area contributed by atoms with Gasteiger partial charge < -0.3 is 15.4 Å². The number of nitrogens with one attached hydrogen (secondary N) is 2. The van der Waals surface area contributed by atoms with Gasteiger partial charge >= 0.3 is 5.97 Å². The molecule has 0 radical (unpaired) electrons. The van der Waals surface area contributed by atoms with Crippen molar-refractivity contribution < 1.29 is 28.7 Å². The van der Waals surface area contributed by atoms with Crippen LogP contribution in [0.25, 0.3) is 0 Å². The summed E-state index contributed by atoms with van der Waals surface area (Å²) in [7, 11) is 0. The van der Waals surface area contributed by atoms with E-state index in [1.54, 1.807) is 0 Å². The maximum absolute atomic E-state index is 12.3. The third kappa shape index (κ3) is 5.63. The molecule has 0 unspecified atom stereocenters. The van der Waals surface area contributed by atoms with Crippen LogP contribution >= 0.6 is 0 Å². The first-order valence-corrected chi connectivity index (χ1v) is 9.13. The van der Waals surface area contributed by atoms with E-state index in [1.165, 1.54) is 0 Å². The van der Waals surface area contributed by atoms with Gasteiger partial charge in [0.05, 0.1) is 24.8 Å². The quantitative estimate of drug-likeness (QED) is 0.317. The zero-order chi connectivity index (χ0) is 19.8. The highest BCUT2D eigenvalue weighted by Gasteiger charge is 2.46. The van der Waals surface area contributed by atoms with Crippen molar-refractivity contribution in [2.45, 2.75) is 32.6 Å². The fraction of sp³-hybridized carbons (Fsp3) is 0.611. The van der Waals surface area contributed by atoms with Crippen molar-refractivity contribution in [3.63, 3.8) is 0 Å². The number of esters is 1. The SMILES string of the molecule is CCCNC(=O)CNC(=O)COC(=O)CCN1C(=O)[C@H]2CC=CC[C@@H]2C1=O. The molecular formula is C18H25N3O6. The van der Waals surface area contributed by atoms with E-state index < -0.39 is 18.5 Å². The van der Waals surface area contributed by atoms with Crippen LogP contribution in [-0.4, -0.2) is 60.7 Å². The van der Waals surface area contributed by atoms with Crippen LogP contribution in [0.4, 0.5) is 0 Å². The zero-order valence-electron chi connectivity index (χ0n) is 15.4. The molecule has 0 bridgehead atoms. The standard InChI is InChI=1S/C18H25N3O6/c1-2-8-19-14(22)10-20-15(23)11-27-16(24)7-9-21-17(25)12-5-3-4-6-13(12)18(21)26/h3-4,12-13H,2,5-11H2,1H3,(H,19,22)(H,20,23)/t12-,13-/m0/s1. The predicted octanol–water partition coefficient (Wildman–Crippen LogP) is -0.487. The molecule has 1 heterocycles. The number of allylic oxidation sites excluding steroid dienone is 2. The molecule has 0 aromatic carbocycles. The van der Waals surface area contributed by atoms with E-state index in [0.717, 1.165) is 11.3 Å². The summed E-state index contributed by atoms with van der Waals surface area (Å²) in [6, 6.07) is 0. The Balaban J connectivity index is 1.66. The molecule has 1 aliphatic heterocycles. The number of carbonyl (C=O) groups is 5. The third-order valence-electron chi connectivity index (χ3n) is 4.52. The van der Waals surface area contributed by atoms with E-state index in [2.05, 4.69) is 10.6 Å². The van der Waals surface area contributed by atoms with Gasteiger partial charge in [-0.25, -0.2) is 0 Å². The molecule has 2 rings (SSSR count). The summed E-state index contributed by atoms with van der Waals surface area (Å²) in [4.78, 5) is 60.3. The first-order chi connectivity index (χ1) is 12.9. The lowest BCUT2D eigenvalue weighted by molar-refractivity contribution is -0.149. The van der Waals surface area contributed by atoms with Crippen molar-refractivity contribution in [2.24, 2.45) is 11.8 Å². The molecule has 1 saturated heterocycles. The summed E-state index contributed by atoms with van der Waals surface area (Å²) in [5, 5.41) is 4.94. The molecule has 0 spiro atoms. The van der Waals surface area contributed by atoms with Gasteiger partial charge in [0.1, 0.15) is 0 Å². The molecule has 1 fully saturated rings. The molecule has 2 atom stereocenters. The third-order valence-corrected chi connectivity index (χ3v) is 4.52. The van der Waals surface area contributed by atoms with E-state index in [9.17, 15) is 24.0 Å². The van der Waals surface area contributed by atoms with Crippen LogP contribution in [-0.2, 0) is 28.7 Å². The summed E-state index contributed by atoms with van der Waals surface area (Å²) in [5.41, 5.74) is 0. The Morgan fingerprint density at radius 2 is 1.70 bits per heavy atom. The molecule has 2 aliphatic rings. The van der Waals surface area contributed by atoms with E-state index in [-0.39, 0.29) is 49.1 Å². The number of likely N-dealkylation sites (tertiary alicyclic amines) is 1. The van der Waals surface area contributed by atoms with Crippen LogP contribution in [0.5, 0.6) is 0 Å². The highest BCUT2D eigenvalue weighted by Crippen LogP contribution is 2.34. The average Bonchev–Trinajstić information content (AvgIpc) is 2.92. The summed E-state index contributed by atoms with van der Waals surface area (Å²) >= 11 is 0.